The number of aliphatic carboxylic acids is 6. The van der Waals surface area contributed by atoms with Crippen LogP contribution in [-0.2, 0) is 77.5 Å². The van der Waals surface area contributed by atoms with Crippen LogP contribution in [0.1, 0.15) is 102 Å². The molecule has 3 aromatic carbocycles. The van der Waals surface area contributed by atoms with Gasteiger partial charge >= 0.3 is 41.8 Å². The van der Waals surface area contributed by atoms with Gasteiger partial charge in [0.1, 0.15) is 59.0 Å². The first-order valence-electron chi connectivity index (χ1n) is 26.1. The summed E-state index contributed by atoms with van der Waals surface area (Å²) < 4.78 is 11.9. The number of phenols is 2. The number of Topliss-reactive ketones (excluding diaryl/α,β-unsaturated/α-hetero) is 2. The van der Waals surface area contributed by atoms with Crippen LogP contribution in [0.2, 0.25) is 0 Å². The molecule has 0 fully saturated rings. The number of phenolic OH excluding ortho intramolecular Hbond substituents is 2. The first-order chi connectivity index (χ1) is 41.3. The molecule has 7 unspecified atom stereocenters. The van der Waals surface area contributed by atoms with Gasteiger partial charge in [-0.15, -0.1) is 0 Å². The van der Waals surface area contributed by atoms with Gasteiger partial charge in [-0.05, 0) is 49.2 Å². The Hall–Kier alpha value is -11.1. The summed E-state index contributed by atoms with van der Waals surface area (Å²) in [6, 6.07) is 1.39. The van der Waals surface area contributed by atoms with Crippen molar-refractivity contribution in [3.8, 4) is 23.0 Å². The molecule has 88 heavy (non-hydrogen) atoms. The van der Waals surface area contributed by atoms with Crippen LogP contribution in [0, 0.1) is 11.8 Å². The quantitative estimate of drug-likeness (QED) is 0.0266. The van der Waals surface area contributed by atoms with Crippen LogP contribution in [0.3, 0.4) is 0 Å². The van der Waals surface area contributed by atoms with E-state index in [0.717, 1.165) is 6.07 Å². The van der Waals surface area contributed by atoms with Crippen LogP contribution in [0.25, 0.3) is 0 Å². The van der Waals surface area contributed by atoms with Crippen LogP contribution in [0.5, 0.6) is 23.0 Å². The number of ketones is 2. The summed E-state index contributed by atoms with van der Waals surface area (Å²) in [5, 5.41) is 99.5. The molecule has 7 atom stereocenters. The van der Waals surface area contributed by atoms with Crippen LogP contribution in [0.15, 0.2) is 54.6 Å². The van der Waals surface area contributed by atoms with Gasteiger partial charge in [-0.25, -0.2) is 9.59 Å². The molecule has 17 N–H and O–H groups in total. The van der Waals surface area contributed by atoms with Crippen LogP contribution >= 0.6 is 0 Å². The molecule has 0 bridgehead atoms. The molecule has 7 amide bonds. The zero-order chi connectivity index (χ0) is 65.5. The zero-order valence-corrected chi connectivity index (χ0v) is 45.7. The molecule has 0 saturated heterocycles. The third-order valence-corrected chi connectivity index (χ3v) is 13.5. The van der Waals surface area contributed by atoms with E-state index in [1.807, 2.05) is 21.3 Å². The number of fused-ring (bicyclic) bond motifs is 6. The fraction of sp³-hybridized carbons (Fsp3) is 0.370. The number of nitrogens with one attached hydrogen (secondary N) is 6. The van der Waals surface area contributed by atoms with Crippen molar-refractivity contribution >= 4 is 94.7 Å². The second kappa shape index (κ2) is 29.6. The van der Waals surface area contributed by atoms with E-state index in [2.05, 4.69) is 10.6 Å². The fourth-order valence-electron chi connectivity index (χ4n) is 9.32. The average Bonchev–Trinajstić information content (AvgIpc) is 1.63. The highest BCUT2D eigenvalue weighted by atomic mass is 16.6. The maximum Gasteiger partial charge on any atom is 0.340 e. The Morgan fingerprint density at radius 3 is 1.51 bits per heavy atom. The highest BCUT2D eigenvalue weighted by Gasteiger charge is 2.54. The molecule has 3 aromatic rings. The molecular weight excluding hydrogens is 1180 g/mol. The lowest BCUT2D eigenvalue weighted by Gasteiger charge is -2.36. The minimum absolute atomic E-state index is 0.0676. The lowest BCUT2D eigenvalue weighted by Crippen LogP contribution is -2.57. The van der Waals surface area contributed by atoms with Crippen molar-refractivity contribution < 1.29 is 132 Å². The van der Waals surface area contributed by atoms with Crippen LogP contribution in [-0.4, -0.2) is 184 Å². The monoisotopic (exact) mass is 1240 g/mol. The molecule has 0 radical (unpaired) electrons. The molecule has 2 aliphatic heterocycles. The summed E-state index contributed by atoms with van der Waals surface area (Å²) in [6.45, 7) is -2.33. The molecule has 5 rings (SSSR count). The molecule has 2 aliphatic rings. The Morgan fingerprint density at radius 2 is 0.989 bits per heavy atom. The van der Waals surface area contributed by atoms with E-state index >= 15 is 0 Å². The van der Waals surface area contributed by atoms with Crippen LogP contribution in [0.4, 0.5) is 0 Å². The number of carboxylic acid groups (broad SMARTS) is 6. The first-order valence-corrected chi connectivity index (χ1v) is 26.1. The number of hydrogen-bond acceptors (Lipinski definition) is 21. The Bertz CT molecular complexity index is 3310. The third-order valence-electron chi connectivity index (χ3n) is 13.5. The highest BCUT2D eigenvalue weighted by Crippen LogP contribution is 2.57. The number of aliphatic hydroxyl groups excluding tert-OH is 1. The molecule has 34 nitrogen and oxygen atoms in total. The lowest BCUT2D eigenvalue weighted by atomic mass is 9.77. The Morgan fingerprint density at radius 1 is 0.500 bits per heavy atom. The Kier molecular flexibility index (Phi) is 22.8. The van der Waals surface area contributed by atoms with Gasteiger partial charge in [0.15, 0.2) is 11.4 Å². The molecule has 470 valence electrons. The van der Waals surface area contributed by atoms with Crippen molar-refractivity contribution in [3.63, 3.8) is 0 Å². The summed E-state index contributed by atoms with van der Waals surface area (Å²) in [7, 11) is 0. The number of carbonyl (C=O) groups excluding carboxylic acids is 10. The number of benzene rings is 3. The number of ether oxygens (including phenoxy) is 2. The molecular formula is C54H57N7O27. The van der Waals surface area contributed by atoms with Crippen molar-refractivity contribution in [1.82, 2.24) is 31.9 Å². The smallest absolute Gasteiger partial charge is 0.340 e. The molecule has 2 heterocycles. The summed E-state index contributed by atoms with van der Waals surface area (Å²) in [5.41, 5.74) is 3.73. The SMILES string of the molecule is NC(=O)CC(NC(=O)C(CCC(=O)O)NC(=O)C(CCC(=O)O)CC(=O)C(CC(=O)O)CC(=O)C(CO)NC(=O)C(CC(=O)O)NC(=O)C(CC(=O)O)NC(=O)CNC(=O)c1ccc2c(c1)C(=O)OC21c2ccc(O)cc2Oc2cc(O)ccc21)C(=O)O. The number of aliphatic hydroxyl groups is 1. The zero-order valence-electron chi connectivity index (χ0n) is 45.7. The van der Waals surface area contributed by atoms with E-state index < -0.39 is 220 Å². The Balaban J connectivity index is 1.26. The van der Waals surface area contributed by atoms with Crippen molar-refractivity contribution in [1.29, 1.82) is 0 Å². The van der Waals surface area contributed by atoms with E-state index in [1.54, 1.807) is 0 Å². The lowest BCUT2D eigenvalue weighted by molar-refractivity contribution is -0.144. The molecule has 0 aliphatic carbocycles. The van der Waals surface area contributed by atoms with Crippen molar-refractivity contribution in [2.24, 2.45) is 17.6 Å². The van der Waals surface area contributed by atoms with Gasteiger partial charge in [-0.3, -0.25) is 67.1 Å². The molecule has 0 aromatic heterocycles. The van der Waals surface area contributed by atoms with Gasteiger partial charge < -0.3 is 93.1 Å². The van der Waals surface area contributed by atoms with Gasteiger partial charge in [-0.2, -0.15) is 0 Å². The number of primary amides is 1. The topological polar surface area (TPSA) is 572 Å². The van der Waals surface area contributed by atoms with Gasteiger partial charge in [-0.1, -0.05) is 6.07 Å². The molecule has 1 spiro atoms. The van der Waals surface area contributed by atoms with Crippen molar-refractivity contribution in [3.05, 3.63) is 82.4 Å². The van der Waals surface area contributed by atoms with Crippen LogP contribution < -0.4 is 42.4 Å². The normalized spacial score (nSPS) is 14.7. The maximum atomic E-state index is 13.8. The van der Waals surface area contributed by atoms with Gasteiger partial charge in [0.05, 0.1) is 44.4 Å². The summed E-state index contributed by atoms with van der Waals surface area (Å²) in [4.78, 5) is 203. The first kappa shape index (κ1) is 67.7. The second-order valence-corrected chi connectivity index (χ2v) is 19.9. The van der Waals surface area contributed by atoms with E-state index in [4.69, 9.17) is 15.2 Å². The number of nitrogens with two attached hydrogens (primary N) is 1. The number of carbonyl (C=O) groups is 16. The summed E-state index contributed by atoms with van der Waals surface area (Å²) >= 11 is 0. The van der Waals surface area contributed by atoms with E-state index in [-0.39, 0.29) is 50.8 Å². The number of carboxylic acids is 6. The number of amides is 7. The second-order valence-electron chi connectivity index (χ2n) is 19.9. The summed E-state index contributed by atoms with van der Waals surface area (Å²) in [6.07, 6.45) is -10.1. The minimum atomic E-state index is -2.25. The fourth-order valence-corrected chi connectivity index (χ4v) is 9.32. The summed E-state index contributed by atoms with van der Waals surface area (Å²) in [5.74, 6) is -26.8. The number of rotatable bonds is 34. The molecule has 34 heteroatoms. The Labute approximate surface area is 493 Å². The van der Waals surface area contributed by atoms with E-state index in [0.29, 0.717) is 0 Å². The van der Waals surface area contributed by atoms with E-state index in [9.17, 15) is 123 Å². The third kappa shape index (κ3) is 17.7. The number of esters is 1. The molecule has 0 saturated carbocycles. The van der Waals surface area contributed by atoms with E-state index in [1.165, 1.54) is 48.5 Å². The van der Waals surface area contributed by atoms with Crippen molar-refractivity contribution in [2.75, 3.05) is 13.2 Å². The predicted molar refractivity (Wildman–Crippen MR) is 285 cm³/mol. The minimum Gasteiger partial charge on any atom is -0.508 e. The number of aromatic hydroxyl groups is 2. The van der Waals surface area contributed by atoms with Gasteiger partial charge in [0, 0.05) is 71.9 Å². The number of hydrogen-bond donors (Lipinski definition) is 16. The van der Waals surface area contributed by atoms with Crippen molar-refractivity contribution in [2.45, 2.75) is 100 Å². The van der Waals surface area contributed by atoms with Gasteiger partial charge in [0.25, 0.3) is 5.91 Å². The van der Waals surface area contributed by atoms with Gasteiger partial charge in [0.2, 0.25) is 35.4 Å². The highest BCUT2D eigenvalue weighted by molar-refractivity contribution is 6.04. The maximum absolute atomic E-state index is 13.8. The largest absolute Gasteiger partial charge is 0.508 e. The standard InChI is InChI=1S/C54H57N7O27/c55-40(67)17-34(52(84)85)60-49(81)31(8-10-43(71)72)58-48(80)23(2-9-42(69)70)12-36(65)24(14-44(73)74)13-37(66)35(21-62)61-51(83)33(19-46(77)78)59-50(82)32(18-45(75)76)57-41(68)20-56-47(79)22-1-5-28-27(11-22)53(86)88-54(28)29-6-3-25(63)15-38(29)87-39-16-26(64)4-7-30(39)54/h1,3-7,11,15-16,23-24,31-35,62-64H,2,8-10,12-14,17-21H2,(H2,55,67)(H,56,79)(H,57,68)(H,58,80)(H,59,82)(H,60,81)(H,61,83)(H,69,70)(H,71,72)(H,73,74)(H,75,76)(H,77,78)(H,84,85). The predicted octanol–water partition coefficient (Wildman–Crippen LogP) is -2.92. The average molecular weight is 1240 g/mol.